The molecule has 4 rings (SSSR count). The van der Waals surface area contributed by atoms with Gasteiger partial charge in [0.1, 0.15) is 0 Å². The first-order valence-corrected chi connectivity index (χ1v) is 11.2. The van der Waals surface area contributed by atoms with Crippen LogP contribution < -0.4 is 4.72 Å². The minimum atomic E-state index is -3.75. The van der Waals surface area contributed by atoms with Crippen molar-refractivity contribution < 1.29 is 17.7 Å². The summed E-state index contributed by atoms with van der Waals surface area (Å²) in [5.74, 6) is -0.217. The van der Waals surface area contributed by atoms with E-state index in [1.54, 1.807) is 4.90 Å². The molecule has 29 heavy (non-hydrogen) atoms. The Morgan fingerprint density at radius 3 is 2.55 bits per heavy atom. The van der Waals surface area contributed by atoms with Gasteiger partial charge in [-0.25, -0.2) is 13.1 Å². The van der Waals surface area contributed by atoms with Crippen LogP contribution in [-0.2, 0) is 16.6 Å². The van der Waals surface area contributed by atoms with Gasteiger partial charge < -0.3 is 9.42 Å². The molecule has 0 spiro atoms. The molecule has 7 nitrogen and oxygen atoms in total. The van der Waals surface area contributed by atoms with Crippen LogP contribution in [0.3, 0.4) is 0 Å². The van der Waals surface area contributed by atoms with E-state index in [1.165, 1.54) is 18.2 Å². The van der Waals surface area contributed by atoms with Gasteiger partial charge in [0.25, 0.3) is 5.91 Å². The smallest absolute Gasteiger partial charge is 0.276 e. The third-order valence-electron chi connectivity index (χ3n) is 5.18. The van der Waals surface area contributed by atoms with Crippen LogP contribution in [0.15, 0.2) is 51.9 Å². The highest BCUT2D eigenvalue weighted by atomic mass is 32.2. The number of sulfonamides is 1. The molecule has 3 aromatic rings. The van der Waals surface area contributed by atoms with Crippen molar-refractivity contribution in [2.75, 3.05) is 13.1 Å². The molecular formula is C21H23N3O4S. The van der Waals surface area contributed by atoms with E-state index in [0.29, 0.717) is 24.1 Å². The van der Waals surface area contributed by atoms with Crippen LogP contribution in [0.25, 0.3) is 11.0 Å². The van der Waals surface area contributed by atoms with Crippen molar-refractivity contribution in [1.82, 2.24) is 14.8 Å². The second kappa shape index (κ2) is 7.96. The third kappa shape index (κ3) is 4.18. The van der Waals surface area contributed by atoms with Crippen LogP contribution in [0, 0.1) is 6.92 Å². The lowest BCUT2D eigenvalue weighted by molar-refractivity contribution is 0.0716. The molecule has 1 aliphatic rings. The number of nitrogens with one attached hydrogen (secondary N) is 1. The Balaban J connectivity index is 1.58. The van der Waals surface area contributed by atoms with Gasteiger partial charge in [-0.15, -0.1) is 0 Å². The number of hydrogen-bond acceptors (Lipinski definition) is 5. The Morgan fingerprint density at radius 2 is 1.83 bits per heavy atom. The molecule has 8 heteroatoms. The molecule has 2 heterocycles. The maximum Gasteiger partial charge on any atom is 0.276 e. The summed E-state index contributed by atoms with van der Waals surface area (Å²) >= 11 is 0. The SMILES string of the molecule is Cc1ccc(CNS(=O)(=O)c2ccc3onc(C(=O)N4CCCCC4)c3c2)cc1. The summed E-state index contributed by atoms with van der Waals surface area (Å²) < 4.78 is 33.4. The molecule has 152 valence electrons. The molecule has 1 N–H and O–H groups in total. The normalized spacial score (nSPS) is 15.0. The third-order valence-corrected chi connectivity index (χ3v) is 6.58. The molecule has 0 bridgehead atoms. The Labute approximate surface area is 169 Å². The van der Waals surface area contributed by atoms with Crippen LogP contribution in [0.2, 0.25) is 0 Å². The zero-order valence-electron chi connectivity index (χ0n) is 16.2. The zero-order valence-corrected chi connectivity index (χ0v) is 17.0. The van der Waals surface area contributed by atoms with Crippen LogP contribution in [0.5, 0.6) is 0 Å². The van der Waals surface area contributed by atoms with Gasteiger partial charge in [0.15, 0.2) is 11.3 Å². The molecule has 1 aromatic heterocycles. The summed E-state index contributed by atoms with van der Waals surface area (Å²) in [5.41, 5.74) is 2.53. The van der Waals surface area contributed by atoms with Crippen LogP contribution >= 0.6 is 0 Å². The Bertz CT molecular complexity index is 1130. The fraction of sp³-hybridized carbons (Fsp3) is 0.333. The molecule has 0 atom stereocenters. The average Bonchev–Trinajstić information content (AvgIpc) is 3.17. The minimum Gasteiger partial charge on any atom is -0.355 e. The topological polar surface area (TPSA) is 92.5 Å². The van der Waals surface area contributed by atoms with Gasteiger partial charge in [0.05, 0.1) is 10.3 Å². The van der Waals surface area contributed by atoms with Crippen molar-refractivity contribution >= 4 is 26.9 Å². The van der Waals surface area contributed by atoms with Crippen LogP contribution in [-0.4, -0.2) is 37.5 Å². The fourth-order valence-electron chi connectivity index (χ4n) is 3.45. The molecule has 2 aromatic carbocycles. The first-order chi connectivity index (χ1) is 13.9. The maximum atomic E-state index is 12.8. The van der Waals surface area contributed by atoms with Crippen molar-refractivity contribution in [3.8, 4) is 0 Å². The lowest BCUT2D eigenvalue weighted by Gasteiger charge is -2.25. The van der Waals surface area contributed by atoms with E-state index in [4.69, 9.17) is 4.52 Å². The van der Waals surface area contributed by atoms with Crippen molar-refractivity contribution in [2.24, 2.45) is 0 Å². The van der Waals surface area contributed by atoms with Gasteiger partial charge in [-0.1, -0.05) is 35.0 Å². The van der Waals surface area contributed by atoms with E-state index >= 15 is 0 Å². The standard InChI is InChI=1S/C21H23N3O4S/c1-15-5-7-16(8-6-15)14-22-29(26,27)17-9-10-19-18(13-17)20(23-28-19)21(25)24-11-3-2-4-12-24/h5-10,13,22H,2-4,11-12,14H2,1H3. The molecule has 1 fully saturated rings. The highest BCUT2D eigenvalue weighted by Crippen LogP contribution is 2.24. The maximum absolute atomic E-state index is 12.8. The summed E-state index contributed by atoms with van der Waals surface area (Å²) in [5, 5.41) is 4.33. The number of fused-ring (bicyclic) bond motifs is 1. The van der Waals surface area contributed by atoms with E-state index in [0.717, 1.165) is 30.4 Å². The predicted octanol–water partition coefficient (Wildman–Crippen LogP) is 3.24. The number of piperidine rings is 1. The lowest BCUT2D eigenvalue weighted by atomic mass is 10.1. The Kier molecular flexibility index (Phi) is 5.38. The molecule has 1 aliphatic heterocycles. The van der Waals surface area contributed by atoms with Gasteiger partial charge >= 0.3 is 0 Å². The molecular weight excluding hydrogens is 390 g/mol. The zero-order chi connectivity index (χ0) is 20.4. The second-order valence-electron chi connectivity index (χ2n) is 7.35. The number of aryl methyl sites for hydroxylation is 1. The van der Waals surface area contributed by atoms with Gasteiger partial charge in [-0.2, -0.15) is 0 Å². The summed E-state index contributed by atoms with van der Waals surface area (Å²) in [6.45, 7) is 3.53. The number of nitrogens with zero attached hydrogens (tertiary/aromatic N) is 2. The average molecular weight is 413 g/mol. The Hall–Kier alpha value is -2.71. The number of hydrogen-bond donors (Lipinski definition) is 1. The highest BCUT2D eigenvalue weighted by molar-refractivity contribution is 7.89. The van der Waals surface area contributed by atoms with E-state index in [-0.39, 0.29) is 23.0 Å². The number of carbonyl (C=O) groups excluding carboxylic acids is 1. The summed E-state index contributed by atoms with van der Waals surface area (Å²) in [6, 6.07) is 12.1. The molecule has 0 unspecified atom stereocenters. The molecule has 0 radical (unpaired) electrons. The summed E-state index contributed by atoms with van der Waals surface area (Å²) in [7, 11) is -3.75. The van der Waals surface area contributed by atoms with Crippen molar-refractivity contribution in [1.29, 1.82) is 0 Å². The molecule has 0 saturated carbocycles. The van der Waals surface area contributed by atoms with Crippen LogP contribution in [0.4, 0.5) is 0 Å². The van der Waals surface area contributed by atoms with E-state index in [1.807, 2.05) is 31.2 Å². The van der Waals surface area contributed by atoms with Crippen LogP contribution in [0.1, 0.15) is 40.9 Å². The first kappa shape index (κ1) is 19.6. The molecule has 1 amide bonds. The highest BCUT2D eigenvalue weighted by Gasteiger charge is 2.25. The fourth-order valence-corrected chi connectivity index (χ4v) is 4.50. The number of carbonyl (C=O) groups is 1. The van der Waals surface area contributed by atoms with E-state index < -0.39 is 10.0 Å². The number of aromatic nitrogens is 1. The van der Waals surface area contributed by atoms with E-state index in [9.17, 15) is 13.2 Å². The van der Waals surface area contributed by atoms with Crippen molar-refractivity contribution in [2.45, 2.75) is 37.6 Å². The van der Waals surface area contributed by atoms with Crippen molar-refractivity contribution in [3.05, 3.63) is 59.3 Å². The second-order valence-corrected chi connectivity index (χ2v) is 9.12. The monoisotopic (exact) mass is 413 g/mol. The van der Waals surface area contributed by atoms with Gasteiger partial charge in [-0.05, 0) is 49.9 Å². The predicted molar refractivity (Wildman–Crippen MR) is 109 cm³/mol. The summed E-state index contributed by atoms with van der Waals surface area (Å²) in [6.07, 6.45) is 3.03. The number of rotatable bonds is 5. The number of likely N-dealkylation sites (tertiary alicyclic amines) is 1. The number of benzene rings is 2. The van der Waals surface area contributed by atoms with E-state index in [2.05, 4.69) is 9.88 Å². The Morgan fingerprint density at radius 1 is 1.10 bits per heavy atom. The van der Waals surface area contributed by atoms with Gasteiger partial charge in [-0.3, -0.25) is 4.79 Å². The van der Waals surface area contributed by atoms with Gasteiger partial charge in [0, 0.05) is 19.6 Å². The largest absolute Gasteiger partial charge is 0.355 e. The number of amides is 1. The first-order valence-electron chi connectivity index (χ1n) is 9.68. The van der Waals surface area contributed by atoms with Gasteiger partial charge in [0.2, 0.25) is 10.0 Å². The minimum absolute atomic E-state index is 0.0769. The molecule has 0 aliphatic carbocycles. The quantitative estimate of drug-likeness (QED) is 0.693. The lowest BCUT2D eigenvalue weighted by Crippen LogP contribution is -2.35. The van der Waals surface area contributed by atoms with Crippen molar-refractivity contribution in [3.63, 3.8) is 0 Å². The summed E-state index contributed by atoms with van der Waals surface area (Å²) in [4.78, 5) is 14.6. The molecule has 1 saturated heterocycles.